The van der Waals surface area contributed by atoms with Crippen molar-refractivity contribution in [3.63, 3.8) is 0 Å². The number of esters is 1. The largest absolute Gasteiger partial charge is 0.462 e. The van der Waals surface area contributed by atoms with Crippen molar-refractivity contribution in [3.8, 4) is 0 Å². The average Bonchev–Trinajstić information content (AvgIpc) is 2.41. The van der Waals surface area contributed by atoms with Crippen LogP contribution in [0.1, 0.15) is 30.1 Å². The number of anilines is 1. The van der Waals surface area contributed by atoms with Crippen molar-refractivity contribution >= 4 is 11.8 Å². The highest BCUT2D eigenvalue weighted by Crippen LogP contribution is 2.13. The van der Waals surface area contributed by atoms with E-state index in [9.17, 15) is 4.79 Å². The molecule has 0 aromatic carbocycles. The first-order valence-corrected chi connectivity index (χ1v) is 6.27. The summed E-state index contributed by atoms with van der Waals surface area (Å²) in [5.41, 5.74) is 0.474. The maximum absolute atomic E-state index is 11.4. The molecule has 0 saturated carbocycles. The fourth-order valence-corrected chi connectivity index (χ4v) is 1.88. The zero-order valence-corrected chi connectivity index (χ0v) is 10.5. The molecule has 98 valence electrons. The summed E-state index contributed by atoms with van der Waals surface area (Å²) >= 11 is 0. The molecule has 5 nitrogen and oxygen atoms in total. The van der Waals surface area contributed by atoms with Gasteiger partial charge in [0.2, 0.25) is 0 Å². The van der Waals surface area contributed by atoms with Crippen LogP contribution in [-0.2, 0) is 9.47 Å². The minimum atomic E-state index is -0.336. The van der Waals surface area contributed by atoms with Crippen LogP contribution in [0.2, 0.25) is 0 Å². The summed E-state index contributed by atoms with van der Waals surface area (Å²) in [6, 6.07) is 3.82. The van der Waals surface area contributed by atoms with Crippen LogP contribution in [0.4, 0.5) is 5.82 Å². The molecular formula is C13H18N2O3. The fraction of sp³-hybridized carbons (Fsp3) is 0.538. The number of carbonyl (C=O) groups excluding carboxylic acids is 1. The monoisotopic (exact) mass is 250 g/mol. The van der Waals surface area contributed by atoms with E-state index < -0.39 is 0 Å². The molecule has 1 atom stereocenters. The number of pyridine rings is 1. The van der Waals surface area contributed by atoms with Crippen LogP contribution < -0.4 is 5.32 Å². The number of carbonyl (C=O) groups is 1. The highest BCUT2D eigenvalue weighted by Gasteiger charge is 2.14. The van der Waals surface area contributed by atoms with Crippen molar-refractivity contribution in [2.45, 2.75) is 25.8 Å². The van der Waals surface area contributed by atoms with E-state index in [1.54, 1.807) is 19.1 Å². The smallest absolute Gasteiger partial charge is 0.339 e. The third-order valence-electron chi connectivity index (χ3n) is 2.79. The first kappa shape index (κ1) is 12.8. The second-order valence-electron chi connectivity index (χ2n) is 4.21. The molecule has 1 aromatic heterocycles. The molecule has 5 heteroatoms. The summed E-state index contributed by atoms with van der Waals surface area (Å²) in [5.74, 6) is 0.427. The molecule has 18 heavy (non-hydrogen) atoms. The Bertz CT molecular complexity index is 386. The van der Waals surface area contributed by atoms with Gasteiger partial charge in [-0.25, -0.2) is 9.78 Å². The summed E-state index contributed by atoms with van der Waals surface area (Å²) in [6.45, 7) is 3.71. The SMILES string of the molecule is CCOC(=O)c1ccc(NC2CCCOC2)nc1. The van der Waals surface area contributed by atoms with Gasteiger partial charge in [0.05, 0.1) is 24.8 Å². The number of nitrogens with zero attached hydrogens (tertiary/aromatic N) is 1. The molecule has 2 heterocycles. The molecule has 1 aliphatic rings. The highest BCUT2D eigenvalue weighted by molar-refractivity contribution is 5.89. The normalized spacial score (nSPS) is 19.3. The van der Waals surface area contributed by atoms with Gasteiger partial charge >= 0.3 is 5.97 Å². The molecule has 1 unspecified atom stereocenters. The lowest BCUT2D eigenvalue weighted by atomic mass is 10.1. The van der Waals surface area contributed by atoms with Gasteiger partial charge in [0.15, 0.2) is 0 Å². The number of nitrogens with one attached hydrogen (secondary N) is 1. The van der Waals surface area contributed by atoms with E-state index in [1.807, 2.05) is 0 Å². The summed E-state index contributed by atoms with van der Waals surface area (Å²) in [5, 5.41) is 3.29. The van der Waals surface area contributed by atoms with E-state index in [0.29, 0.717) is 24.8 Å². The standard InChI is InChI=1S/C13H18N2O3/c1-2-18-13(16)10-5-6-12(14-8-10)15-11-4-3-7-17-9-11/h5-6,8,11H,2-4,7,9H2,1H3,(H,14,15). The summed E-state index contributed by atoms with van der Waals surface area (Å²) < 4.78 is 10.3. The number of ether oxygens (including phenoxy) is 2. The fourth-order valence-electron chi connectivity index (χ4n) is 1.88. The number of rotatable bonds is 4. The lowest BCUT2D eigenvalue weighted by Gasteiger charge is -2.23. The Morgan fingerprint density at radius 1 is 1.61 bits per heavy atom. The summed E-state index contributed by atoms with van der Waals surface area (Å²) in [7, 11) is 0. The maximum Gasteiger partial charge on any atom is 0.339 e. The molecule has 0 spiro atoms. The predicted molar refractivity (Wildman–Crippen MR) is 67.7 cm³/mol. The van der Waals surface area contributed by atoms with E-state index in [0.717, 1.165) is 25.3 Å². The molecule has 0 aliphatic carbocycles. The van der Waals surface area contributed by atoms with Gasteiger partial charge in [-0.1, -0.05) is 0 Å². The van der Waals surface area contributed by atoms with Crippen LogP contribution in [0.25, 0.3) is 0 Å². The van der Waals surface area contributed by atoms with Crippen LogP contribution in [0.3, 0.4) is 0 Å². The number of hydrogen-bond donors (Lipinski definition) is 1. The zero-order valence-electron chi connectivity index (χ0n) is 10.5. The second kappa shape index (κ2) is 6.35. The van der Waals surface area contributed by atoms with Crippen LogP contribution in [-0.4, -0.2) is 36.8 Å². The lowest BCUT2D eigenvalue weighted by molar-refractivity contribution is 0.0526. The molecule has 0 radical (unpaired) electrons. The molecule has 2 rings (SSSR count). The van der Waals surface area contributed by atoms with Gasteiger partial charge in [-0.2, -0.15) is 0 Å². The Balaban J connectivity index is 1.92. The molecule has 0 bridgehead atoms. The van der Waals surface area contributed by atoms with Gasteiger partial charge in [0, 0.05) is 12.8 Å². The van der Waals surface area contributed by atoms with Crippen LogP contribution in [0.5, 0.6) is 0 Å². The molecule has 1 aromatic rings. The Hall–Kier alpha value is -1.62. The quantitative estimate of drug-likeness (QED) is 0.826. The van der Waals surface area contributed by atoms with Gasteiger partial charge in [0.1, 0.15) is 5.82 Å². The van der Waals surface area contributed by atoms with Crippen LogP contribution in [0, 0.1) is 0 Å². The molecule has 1 N–H and O–H groups in total. The van der Waals surface area contributed by atoms with Gasteiger partial charge in [0.25, 0.3) is 0 Å². The first-order valence-electron chi connectivity index (χ1n) is 6.27. The molecule has 1 saturated heterocycles. The van der Waals surface area contributed by atoms with E-state index in [-0.39, 0.29) is 5.97 Å². The van der Waals surface area contributed by atoms with Crippen molar-refractivity contribution in [3.05, 3.63) is 23.9 Å². The third-order valence-corrected chi connectivity index (χ3v) is 2.79. The van der Waals surface area contributed by atoms with Crippen LogP contribution >= 0.6 is 0 Å². The van der Waals surface area contributed by atoms with Crippen LogP contribution in [0.15, 0.2) is 18.3 Å². The minimum absolute atomic E-state index is 0.305. The van der Waals surface area contributed by atoms with Gasteiger partial charge in [-0.05, 0) is 31.9 Å². The Morgan fingerprint density at radius 2 is 2.50 bits per heavy atom. The van der Waals surface area contributed by atoms with Crippen molar-refractivity contribution in [2.24, 2.45) is 0 Å². The highest BCUT2D eigenvalue weighted by atomic mass is 16.5. The van der Waals surface area contributed by atoms with Gasteiger partial charge < -0.3 is 14.8 Å². The average molecular weight is 250 g/mol. The number of aromatic nitrogens is 1. The van der Waals surface area contributed by atoms with E-state index in [1.165, 1.54) is 6.20 Å². The topological polar surface area (TPSA) is 60.5 Å². The third kappa shape index (κ3) is 3.43. The van der Waals surface area contributed by atoms with Crippen molar-refractivity contribution < 1.29 is 14.3 Å². The molecule has 1 fully saturated rings. The maximum atomic E-state index is 11.4. The first-order chi connectivity index (χ1) is 8.79. The van der Waals surface area contributed by atoms with Crippen molar-refractivity contribution in [1.82, 2.24) is 4.98 Å². The molecule has 0 amide bonds. The molecular weight excluding hydrogens is 232 g/mol. The Morgan fingerprint density at radius 3 is 3.11 bits per heavy atom. The van der Waals surface area contributed by atoms with E-state index in [4.69, 9.17) is 9.47 Å². The summed E-state index contributed by atoms with van der Waals surface area (Å²) in [4.78, 5) is 15.7. The number of hydrogen-bond acceptors (Lipinski definition) is 5. The van der Waals surface area contributed by atoms with Gasteiger partial charge in [-0.15, -0.1) is 0 Å². The van der Waals surface area contributed by atoms with Crippen molar-refractivity contribution in [2.75, 3.05) is 25.1 Å². The van der Waals surface area contributed by atoms with E-state index >= 15 is 0 Å². The summed E-state index contributed by atoms with van der Waals surface area (Å²) in [6.07, 6.45) is 3.68. The van der Waals surface area contributed by atoms with E-state index in [2.05, 4.69) is 10.3 Å². The zero-order chi connectivity index (χ0) is 12.8. The molecule has 1 aliphatic heterocycles. The minimum Gasteiger partial charge on any atom is -0.462 e. The lowest BCUT2D eigenvalue weighted by Crippen LogP contribution is -2.30. The Labute approximate surface area is 107 Å². The second-order valence-corrected chi connectivity index (χ2v) is 4.21. The van der Waals surface area contributed by atoms with Crippen molar-refractivity contribution in [1.29, 1.82) is 0 Å². The van der Waals surface area contributed by atoms with Gasteiger partial charge in [-0.3, -0.25) is 0 Å². The Kier molecular flexibility index (Phi) is 4.52. The predicted octanol–water partition coefficient (Wildman–Crippen LogP) is 1.85.